The number of rotatable bonds is 7. The van der Waals surface area contributed by atoms with Gasteiger partial charge in [0.15, 0.2) is 0 Å². The molecule has 5 nitrogen and oxygen atoms in total. The van der Waals surface area contributed by atoms with Crippen molar-refractivity contribution in [3.63, 3.8) is 0 Å². The maximum Gasteiger partial charge on any atom is 0.238 e. The highest BCUT2D eigenvalue weighted by atomic mass is 32.2. The Bertz CT molecular complexity index is 429. The highest BCUT2D eigenvalue weighted by Crippen LogP contribution is 2.12. The molecule has 0 saturated heterocycles. The minimum Gasteiger partial charge on any atom is -0.385 e. The van der Waals surface area contributed by atoms with E-state index in [0.717, 1.165) is 31.7 Å². The Morgan fingerprint density at radius 1 is 1.24 bits per heavy atom. The largest absolute Gasteiger partial charge is 0.385 e. The molecule has 1 aromatic rings. The van der Waals surface area contributed by atoms with Gasteiger partial charge in [-0.05, 0) is 37.1 Å². The van der Waals surface area contributed by atoms with Crippen LogP contribution in [-0.2, 0) is 14.8 Å². The van der Waals surface area contributed by atoms with E-state index in [0.29, 0.717) is 0 Å². The summed E-state index contributed by atoms with van der Waals surface area (Å²) in [5, 5.41) is 8.19. The van der Waals surface area contributed by atoms with Crippen LogP contribution in [0.3, 0.4) is 0 Å². The smallest absolute Gasteiger partial charge is 0.238 e. The lowest BCUT2D eigenvalue weighted by molar-refractivity contribution is 0.194. The molecule has 1 rings (SSSR count). The van der Waals surface area contributed by atoms with Crippen molar-refractivity contribution < 1.29 is 13.2 Å². The van der Waals surface area contributed by atoms with Crippen molar-refractivity contribution in [3.8, 4) is 0 Å². The molecule has 0 bridgehead atoms. The van der Waals surface area contributed by atoms with E-state index in [1.807, 2.05) is 0 Å². The number of primary sulfonamides is 1. The van der Waals surface area contributed by atoms with E-state index < -0.39 is 10.0 Å². The zero-order valence-electron chi connectivity index (χ0n) is 9.85. The van der Waals surface area contributed by atoms with E-state index in [4.69, 9.17) is 9.88 Å². The van der Waals surface area contributed by atoms with Crippen LogP contribution in [0.2, 0.25) is 0 Å². The predicted octanol–water partition coefficient (Wildman–Crippen LogP) is 1.17. The number of ether oxygens (including phenoxy) is 1. The van der Waals surface area contributed by atoms with Crippen LogP contribution in [0.4, 0.5) is 5.69 Å². The van der Waals surface area contributed by atoms with Gasteiger partial charge in [-0.3, -0.25) is 0 Å². The van der Waals surface area contributed by atoms with E-state index in [1.165, 1.54) is 12.1 Å². The van der Waals surface area contributed by atoms with Gasteiger partial charge in [0.2, 0.25) is 10.0 Å². The van der Waals surface area contributed by atoms with Crippen LogP contribution in [0.25, 0.3) is 0 Å². The van der Waals surface area contributed by atoms with Gasteiger partial charge in [-0.15, -0.1) is 0 Å². The van der Waals surface area contributed by atoms with Gasteiger partial charge in [0.25, 0.3) is 0 Å². The maximum atomic E-state index is 11.0. The Labute approximate surface area is 102 Å². The van der Waals surface area contributed by atoms with Gasteiger partial charge >= 0.3 is 0 Å². The Balaban J connectivity index is 2.41. The summed E-state index contributed by atoms with van der Waals surface area (Å²) in [4.78, 5) is 0.127. The van der Waals surface area contributed by atoms with Crippen molar-refractivity contribution in [2.75, 3.05) is 25.6 Å². The molecule has 0 heterocycles. The van der Waals surface area contributed by atoms with Gasteiger partial charge in [0.05, 0.1) is 4.90 Å². The average Bonchev–Trinajstić information content (AvgIpc) is 2.28. The highest BCUT2D eigenvalue weighted by Gasteiger charge is 2.06. The molecule has 6 heteroatoms. The van der Waals surface area contributed by atoms with Gasteiger partial charge in [-0.25, -0.2) is 13.6 Å². The molecule has 0 atom stereocenters. The first-order valence-corrected chi connectivity index (χ1v) is 6.94. The minimum absolute atomic E-state index is 0.127. The maximum absolute atomic E-state index is 11.0. The number of sulfonamides is 1. The third kappa shape index (κ3) is 5.16. The molecule has 0 aliphatic heterocycles. The van der Waals surface area contributed by atoms with Crippen LogP contribution in [0.15, 0.2) is 29.2 Å². The molecule has 0 radical (unpaired) electrons. The molecule has 0 spiro atoms. The quantitative estimate of drug-likeness (QED) is 0.719. The van der Waals surface area contributed by atoms with Crippen molar-refractivity contribution in [2.24, 2.45) is 5.14 Å². The number of nitrogens with two attached hydrogens (primary N) is 1. The zero-order chi connectivity index (χ0) is 12.7. The number of hydrogen-bond donors (Lipinski definition) is 2. The van der Waals surface area contributed by atoms with E-state index in [-0.39, 0.29) is 4.90 Å². The monoisotopic (exact) mass is 258 g/mol. The first-order valence-electron chi connectivity index (χ1n) is 5.40. The van der Waals surface area contributed by atoms with Crippen molar-refractivity contribution >= 4 is 15.7 Å². The van der Waals surface area contributed by atoms with Crippen molar-refractivity contribution in [2.45, 2.75) is 17.7 Å². The molecule has 0 saturated carbocycles. The fourth-order valence-corrected chi connectivity index (χ4v) is 1.88. The zero-order valence-corrected chi connectivity index (χ0v) is 10.7. The molecular weight excluding hydrogens is 240 g/mol. The number of methoxy groups -OCH3 is 1. The van der Waals surface area contributed by atoms with Crippen LogP contribution in [-0.4, -0.2) is 28.7 Å². The fraction of sp³-hybridized carbons (Fsp3) is 0.455. The number of unbranched alkanes of at least 4 members (excludes halogenated alkanes) is 1. The third-order valence-corrected chi connectivity index (χ3v) is 3.22. The van der Waals surface area contributed by atoms with Crippen molar-refractivity contribution in [1.29, 1.82) is 0 Å². The minimum atomic E-state index is -3.60. The molecule has 0 aliphatic carbocycles. The summed E-state index contributed by atoms with van der Waals surface area (Å²) in [6, 6.07) is 6.39. The summed E-state index contributed by atoms with van der Waals surface area (Å²) in [6.45, 7) is 1.59. The van der Waals surface area contributed by atoms with Crippen LogP contribution in [0, 0.1) is 0 Å². The van der Waals surface area contributed by atoms with Crippen molar-refractivity contribution in [3.05, 3.63) is 24.3 Å². The van der Waals surface area contributed by atoms with E-state index >= 15 is 0 Å². The molecule has 0 aliphatic rings. The molecule has 96 valence electrons. The van der Waals surface area contributed by atoms with Crippen molar-refractivity contribution in [1.82, 2.24) is 0 Å². The molecular formula is C11H18N2O3S. The third-order valence-electron chi connectivity index (χ3n) is 2.29. The Morgan fingerprint density at radius 3 is 2.41 bits per heavy atom. The SMILES string of the molecule is COCCCCNc1ccc(S(N)(=O)=O)cc1. The molecule has 17 heavy (non-hydrogen) atoms. The summed E-state index contributed by atoms with van der Waals surface area (Å²) in [5.41, 5.74) is 0.884. The molecule has 0 amide bonds. The lowest BCUT2D eigenvalue weighted by atomic mass is 10.3. The second kappa shape index (κ2) is 6.58. The van der Waals surface area contributed by atoms with E-state index in [9.17, 15) is 8.42 Å². The second-order valence-corrected chi connectivity index (χ2v) is 5.26. The first kappa shape index (κ1) is 14.0. The summed E-state index contributed by atoms with van der Waals surface area (Å²) >= 11 is 0. The summed E-state index contributed by atoms with van der Waals surface area (Å²) < 4.78 is 27.0. The lowest BCUT2D eigenvalue weighted by Crippen LogP contribution is -2.12. The summed E-state index contributed by atoms with van der Waals surface area (Å²) in [5.74, 6) is 0. The Hall–Kier alpha value is -1.11. The van der Waals surface area contributed by atoms with Crippen LogP contribution in [0.1, 0.15) is 12.8 Å². The first-order chi connectivity index (χ1) is 8.04. The Morgan fingerprint density at radius 2 is 1.88 bits per heavy atom. The fourth-order valence-electron chi connectivity index (χ4n) is 1.37. The van der Waals surface area contributed by atoms with Gasteiger partial charge in [-0.2, -0.15) is 0 Å². The normalized spacial score (nSPS) is 11.4. The summed E-state index contributed by atoms with van der Waals surface area (Å²) in [6.07, 6.45) is 2.00. The molecule has 1 aromatic carbocycles. The standard InChI is InChI=1S/C11H18N2O3S/c1-16-9-3-2-8-13-10-4-6-11(7-5-10)17(12,14)15/h4-7,13H,2-3,8-9H2,1H3,(H2,12,14,15). The lowest BCUT2D eigenvalue weighted by Gasteiger charge is -2.06. The number of nitrogens with one attached hydrogen (secondary N) is 1. The topological polar surface area (TPSA) is 81.4 Å². The van der Waals surface area contributed by atoms with Crippen LogP contribution < -0.4 is 10.5 Å². The van der Waals surface area contributed by atoms with Gasteiger partial charge in [0.1, 0.15) is 0 Å². The molecule has 3 N–H and O–H groups in total. The number of hydrogen-bond acceptors (Lipinski definition) is 4. The second-order valence-electron chi connectivity index (χ2n) is 3.70. The van der Waals surface area contributed by atoms with E-state index in [2.05, 4.69) is 5.32 Å². The molecule has 0 fully saturated rings. The van der Waals surface area contributed by atoms with Gasteiger partial charge in [0, 0.05) is 25.9 Å². The Kier molecular flexibility index (Phi) is 5.40. The summed E-state index contributed by atoms with van der Waals surface area (Å²) in [7, 11) is -1.92. The van der Waals surface area contributed by atoms with Crippen LogP contribution in [0.5, 0.6) is 0 Å². The average molecular weight is 258 g/mol. The molecule has 0 unspecified atom stereocenters. The van der Waals surface area contributed by atoms with Crippen LogP contribution >= 0.6 is 0 Å². The number of anilines is 1. The van der Waals surface area contributed by atoms with Gasteiger partial charge in [-0.1, -0.05) is 0 Å². The van der Waals surface area contributed by atoms with E-state index in [1.54, 1.807) is 19.2 Å². The predicted molar refractivity (Wildman–Crippen MR) is 67.4 cm³/mol. The number of benzene rings is 1. The highest BCUT2D eigenvalue weighted by molar-refractivity contribution is 7.89. The van der Waals surface area contributed by atoms with Gasteiger partial charge < -0.3 is 10.1 Å². The molecule has 0 aromatic heterocycles.